The summed E-state index contributed by atoms with van der Waals surface area (Å²) in [5.41, 5.74) is 6.77. The van der Waals surface area contributed by atoms with Crippen molar-refractivity contribution in [2.45, 2.75) is 24.0 Å². The van der Waals surface area contributed by atoms with Crippen LogP contribution in [-0.4, -0.2) is 24.5 Å². The van der Waals surface area contributed by atoms with Crippen molar-refractivity contribution < 1.29 is 0 Å². The predicted octanol–water partition coefficient (Wildman–Crippen LogP) is 0.949. The fraction of sp³-hybridized carbons (Fsp3) is 0.364. The van der Waals surface area contributed by atoms with E-state index in [-0.39, 0.29) is 0 Å². The normalized spacial score (nSPS) is 10.8. The highest BCUT2D eigenvalue weighted by atomic mass is 32.2. The molecular weight excluding hydrogens is 248 g/mol. The fourth-order valence-electron chi connectivity index (χ4n) is 1.57. The summed E-state index contributed by atoms with van der Waals surface area (Å²) in [6.45, 7) is 4.79. The van der Waals surface area contributed by atoms with Crippen LogP contribution in [0.5, 0.6) is 0 Å². The molecule has 0 radical (unpaired) electrons. The van der Waals surface area contributed by atoms with Crippen molar-refractivity contribution in [3.8, 4) is 0 Å². The molecule has 2 aromatic rings. The molecule has 0 bridgehead atoms. The smallest absolute Gasteiger partial charge is 0.191 e. The summed E-state index contributed by atoms with van der Waals surface area (Å²) in [7, 11) is 1.93. The number of hydrogen-bond acceptors (Lipinski definition) is 5. The minimum absolute atomic E-state index is 0.382. The first-order valence-electron chi connectivity index (χ1n) is 5.59. The van der Waals surface area contributed by atoms with E-state index in [0.29, 0.717) is 13.1 Å². The van der Waals surface area contributed by atoms with Crippen molar-refractivity contribution in [1.82, 2.24) is 24.5 Å². The molecule has 0 unspecified atom stereocenters. The van der Waals surface area contributed by atoms with Crippen LogP contribution in [0.2, 0.25) is 0 Å². The second-order valence-electron chi connectivity index (χ2n) is 3.74. The van der Waals surface area contributed by atoms with E-state index >= 15 is 0 Å². The zero-order valence-electron chi connectivity index (χ0n) is 10.3. The number of nitrogens with zero attached hydrogens (tertiary/aromatic N) is 5. The minimum Gasteiger partial charge on any atom is -0.324 e. The maximum Gasteiger partial charge on any atom is 0.191 e. The van der Waals surface area contributed by atoms with E-state index in [4.69, 9.17) is 5.73 Å². The maximum absolute atomic E-state index is 5.63. The van der Waals surface area contributed by atoms with Gasteiger partial charge in [0.05, 0.1) is 6.54 Å². The van der Waals surface area contributed by atoms with Crippen LogP contribution in [0.25, 0.3) is 0 Å². The van der Waals surface area contributed by atoms with Crippen LogP contribution in [0.1, 0.15) is 11.5 Å². The molecule has 0 spiro atoms. The summed E-state index contributed by atoms with van der Waals surface area (Å²) in [6, 6.07) is 1.99. The second kappa shape index (κ2) is 5.83. The molecule has 0 aromatic carbocycles. The van der Waals surface area contributed by atoms with Gasteiger partial charge in [-0.25, -0.2) is 0 Å². The van der Waals surface area contributed by atoms with E-state index < -0.39 is 0 Å². The lowest BCUT2D eigenvalue weighted by Crippen LogP contribution is -2.08. The van der Waals surface area contributed by atoms with Gasteiger partial charge in [-0.3, -0.25) is 4.68 Å². The van der Waals surface area contributed by atoms with E-state index in [2.05, 4.69) is 21.9 Å². The van der Waals surface area contributed by atoms with E-state index in [0.717, 1.165) is 22.4 Å². The first-order valence-corrected chi connectivity index (χ1v) is 6.57. The van der Waals surface area contributed by atoms with Gasteiger partial charge in [0.15, 0.2) is 5.16 Å². The van der Waals surface area contributed by atoms with Gasteiger partial charge in [0.2, 0.25) is 0 Å². The summed E-state index contributed by atoms with van der Waals surface area (Å²) in [5, 5.41) is 13.2. The van der Waals surface area contributed by atoms with Crippen molar-refractivity contribution in [2.75, 3.05) is 0 Å². The lowest BCUT2D eigenvalue weighted by Gasteiger charge is -2.06. The Kier molecular flexibility index (Phi) is 4.16. The van der Waals surface area contributed by atoms with Crippen LogP contribution >= 0.6 is 11.8 Å². The fourth-order valence-corrected chi connectivity index (χ4v) is 2.56. The number of hydrogen-bond donors (Lipinski definition) is 1. The van der Waals surface area contributed by atoms with Crippen molar-refractivity contribution in [1.29, 1.82) is 0 Å². The van der Waals surface area contributed by atoms with Gasteiger partial charge in [-0.15, -0.1) is 16.8 Å². The highest BCUT2D eigenvalue weighted by molar-refractivity contribution is 7.98. The van der Waals surface area contributed by atoms with Crippen molar-refractivity contribution in [2.24, 2.45) is 12.8 Å². The zero-order valence-corrected chi connectivity index (χ0v) is 11.1. The molecule has 2 N–H and O–H groups in total. The Balaban J connectivity index is 2.11. The van der Waals surface area contributed by atoms with Crippen molar-refractivity contribution >= 4 is 11.8 Å². The summed E-state index contributed by atoms with van der Waals surface area (Å²) < 4.78 is 3.83. The molecule has 18 heavy (non-hydrogen) atoms. The third-order valence-electron chi connectivity index (χ3n) is 2.56. The highest BCUT2D eigenvalue weighted by Crippen LogP contribution is 2.21. The highest BCUT2D eigenvalue weighted by Gasteiger charge is 2.11. The molecule has 2 aromatic heterocycles. The van der Waals surface area contributed by atoms with Crippen LogP contribution in [0.3, 0.4) is 0 Å². The Morgan fingerprint density at radius 2 is 2.33 bits per heavy atom. The summed E-state index contributed by atoms with van der Waals surface area (Å²) >= 11 is 1.62. The Hall–Kier alpha value is -1.60. The number of allylic oxidation sites excluding steroid dienone is 1. The number of rotatable bonds is 6. The van der Waals surface area contributed by atoms with Crippen LogP contribution in [0, 0.1) is 0 Å². The van der Waals surface area contributed by atoms with Crippen LogP contribution in [0.4, 0.5) is 0 Å². The van der Waals surface area contributed by atoms with E-state index in [1.807, 2.05) is 28.4 Å². The largest absolute Gasteiger partial charge is 0.324 e. The van der Waals surface area contributed by atoms with Gasteiger partial charge in [0.25, 0.3) is 0 Å². The molecule has 0 saturated heterocycles. The van der Waals surface area contributed by atoms with Gasteiger partial charge >= 0.3 is 0 Å². The summed E-state index contributed by atoms with van der Waals surface area (Å²) in [5.74, 6) is 1.58. The van der Waals surface area contributed by atoms with Crippen LogP contribution in [-0.2, 0) is 25.9 Å². The Morgan fingerprint density at radius 3 is 2.94 bits per heavy atom. The quantitative estimate of drug-likeness (QED) is 0.621. The van der Waals surface area contributed by atoms with E-state index in [1.165, 1.54) is 0 Å². The first-order chi connectivity index (χ1) is 8.76. The molecule has 2 rings (SSSR count). The third-order valence-corrected chi connectivity index (χ3v) is 3.56. The standard InChI is InChI=1S/C11H16N6S/c1-3-6-17-10(7-12)14-15-11(17)18-8-9-4-5-13-16(9)2/h3-5H,1,6-8,12H2,2H3. The van der Waals surface area contributed by atoms with Gasteiger partial charge in [-0.2, -0.15) is 5.10 Å². The van der Waals surface area contributed by atoms with Crippen LogP contribution < -0.4 is 5.73 Å². The van der Waals surface area contributed by atoms with Crippen molar-refractivity contribution in [3.63, 3.8) is 0 Å². The molecular formula is C11H16N6S. The third kappa shape index (κ3) is 2.62. The molecule has 0 aliphatic rings. The minimum atomic E-state index is 0.382. The lowest BCUT2D eigenvalue weighted by atomic mass is 10.5. The average molecular weight is 264 g/mol. The molecule has 6 nitrogen and oxygen atoms in total. The summed E-state index contributed by atoms with van der Waals surface area (Å²) in [4.78, 5) is 0. The Labute approximate surface area is 110 Å². The molecule has 0 atom stereocenters. The molecule has 0 aliphatic heterocycles. The molecule has 0 fully saturated rings. The second-order valence-corrected chi connectivity index (χ2v) is 4.68. The lowest BCUT2D eigenvalue weighted by molar-refractivity contribution is 0.679. The number of thioether (sulfide) groups is 1. The molecule has 2 heterocycles. The number of nitrogens with two attached hydrogens (primary N) is 1. The van der Waals surface area contributed by atoms with Gasteiger partial charge in [0, 0.05) is 31.2 Å². The van der Waals surface area contributed by atoms with Gasteiger partial charge < -0.3 is 10.3 Å². The SMILES string of the molecule is C=CCn1c(CN)nnc1SCc1ccnn1C. The monoisotopic (exact) mass is 264 g/mol. The number of aromatic nitrogens is 5. The molecule has 0 saturated carbocycles. The topological polar surface area (TPSA) is 74.6 Å². The van der Waals surface area contributed by atoms with Gasteiger partial charge in [-0.1, -0.05) is 17.8 Å². The predicted molar refractivity (Wildman–Crippen MR) is 70.9 cm³/mol. The zero-order chi connectivity index (χ0) is 13.0. The van der Waals surface area contributed by atoms with Gasteiger partial charge in [-0.05, 0) is 6.07 Å². The van der Waals surface area contributed by atoms with Crippen molar-refractivity contribution in [3.05, 3.63) is 36.4 Å². The molecule has 0 amide bonds. The van der Waals surface area contributed by atoms with Gasteiger partial charge in [0.1, 0.15) is 5.82 Å². The maximum atomic E-state index is 5.63. The van der Waals surface area contributed by atoms with E-state index in [1.54, 1.807) is 18.0 Å². The molecule has 7 heteroatoms. The molecule has 96 valence electrons. The first kappa shape index (κ1) is 12.8. The average Bonchev–Trinajstić information content (AvgIpc) is 2.94. The van der Waals surface area contributed by atoms with Crippen LogP contribution in [0.15, 0.2) is 30.1 Å². The Bertz CT molecular complexity index is 529. The number of aryl methyl sites for hydroxylation is 1. The Morgan fingerprint density at radius 1 is 1.50 bits per heavy atom. The van der Waals surface area contributed by atoms with E-state index in [9.17, 15) is 0 Å². The molecule has 0 aliphatic carbocycles. The summed E-state index contributed by atoms with van der Waals surface area (Å²) in [6.07, 6.45) is 3.60.